The van der Waals surface area contributed by atoms with Crippen LogP contribution in [-0.4, -0.2) is 59.4 Å². The molecule has 2 atom stereocenters. The van der Waals surface area contributed by atoms with Crippen molar-refractivity contribution < 1.29 is 9.59 Å². The third-order valence-electron chi connectivity index (χ3n) is 6.52. The number of nitrogens with one attached hydrogen (secondary N) is 1. The largest absolute Gasteiger partial charge is 0.349 e. The number of nitrogens with zero attached hydrogens (tertiary/aromatic N) is 2. The van der Waals surface area contributed by atoms with E-state index in [-0.39, 0.29) is 11.9 Å². The van der Waals surface area contributed by atoms with Crippen LogP contribution >= 0.6 is 0 Å². The predicted octanol–water partition coefficient (Wildman–Crippen LogP) is 2.81. The Morgan fingerprint density at radius 2 is 1.59 bits per heavy atom. The van der Waals surface area contributed by atoms with Gasteiger partial charge < -0.3 is 10.2 Å². The second kappa shape index (κ2) is 8.42. The molecular weight excluding hydrogens is 338 g/mol. The molecular formula is C22H31N3O2. The third-order valence-corrected chi connectivity index (χ3v) is 6.52. The van der Waals surface area contributed by atoms with Crippen LogP contribution in [-0.2, 0) is 4.79 Å². The number of fused-ring (bicyclic) bond motifs is 2. The first-order chi connectivity index (χ1) is 13.2. The summed E-state index contributed by atoms with van der Waals surface area (Å²) in [5, 5.41) is 3.24. The highest BCUT2D eigenvalue weighted by Gasteiger charge is 2.40. The van der Waals surface area contributed by atoms with E-state index in [1.165, 1.54) is 12.8 Å². The molecule has 0 aliphatic carbocycles. The number of piperidine rings is 3. The van der Waals surface area contributed by atoms with Crippen molar-refractivity contribution in [3.8, 4) is 0 Å². The van der Waals surface area contributed by atoms with E-state index < -0.39 is 0 Å². The summed E-state index contributed by atoms with van der Waals surface area (Å²) in [6.45, 7) is 2.42. The van der Waals surface area contributed by atoms with E-state index in [2.05, 4.69) is 15.1 Å². The molecule has 5 heteroatoms. The summed E-state index contributed by atoms with van der Waals surface area (Å²) in [4.78, 5) is 29.8. The number of benzene rings is 1. The van der Waals surface area contributed by atoms with E-state index in [9.17, 15) is 9.59 Å². The summed E-state index contributed by atoms with van der Waals surface area (Å²) in [5.41, 5.74) is 0.727. The molecule has 3 fully saturated rings. The lowest BCUT2D eigenvalue weighted by Gasteiger charge is -2.49. The molecule has 27 heavy (non-hydrogen) atoms. The number of amides is 2. The summed E-state index contributed by atoms with van der Waals surface area (Å²) in [5.74, 6) is 0.329. The molecule has 1 aromatic rings. The number of hydrogen-bond donors (Lipinski definition) is 1. The van der Waals surface area contributed by atoms with Crippen molar-refractivity contribution in [3.63, 3.8) is 0 Å². The lowest BCUT2D eigenvalue weighted by atomic mass is 9.81. The van der Waals surface area contributed by atoms with Crippen LogP contribution in [0.3, 0.4) is 0 Å². The van der Waals surface area contributed by atoms with Crippen LogP contribution in [0.25, 0.3) is 0 Å². The molecule has 146 valence electrons. The van der Waals surface area contributed by atoms with Gasteiger partial charge in [0.05, 0.1) is 6.54 Å². The van der Waals surface area contributed by atoms with Crippen molar-refractivity contribution in [3.05, 3.63) is 35.9 Å². The second-order valence-electron chi connectivity index (χ2n) is 8.36. The molecule has 0 radical (unpaired) electrons. The van der Waals surface area contributed by atoms with E-state index in [4.69, 9.17) is 0 Å². The highest BCUT2D eigenvalue weighted by atomic mass is 16.2. The van der Waals surface area contributed by atoms with Crippen molar-refractivity contribution >= 4 is 11.8 Å². The van der Waals surface area contributed by atoms with E-state index in [0.29, 0.717) is 24.5 Å². The SMILES string of the molecule is O=C(NC1C[C@@H]2CCC[C@@H](C1)N2CC(=O)N1CCCCC1)c1ccccc1. The number of carbonyl (C=O) groups excluding carboxylic acids is 2. The van der Waals surface area contributed by atoms with Crippen molar-refractivity contribution in [2.75, 3.05) is 19.6 Å². The first kappa shape index (κ1) is 18.5. The van der Waals surface area contributed by atoms with Gasteiger partial charge in [-0.25, -0.2) is 0 Å². The first-order valence-corrected chi connectivity index (χ1v) is 10.6. The maximum atomic E-state index is 12.8. The maximum Gasteiger partial charge on any atom is 0.251 e. The van der Waals surface area contributed by atoms with Gasteiger partial charge in [-0.15, -0.1) is 0 Å². The van der Waals surface area contributed by atoms with Gasteiger partial charge in [-0.05, 0) is 57.1 Å². The van der Waals surface area contributed by atoms with E-state index in [0.717, 1.165) is 57.2 Å². The van der Waals surface area contributed by atoms with E-state index in [1.807, 2.05) is 30.3 Å². The molecule has 5 nitrogen and oxygen atoms in total. The Morgan fingerprint density at radius 3 is 2.26 bits per heavy atom. The normalized spacial score (nSPS) is 28.6. The van der Waals surface area contributed by atoms with E-state index >= 15 is 0 Å². The Morgan fingerprint density at radius 1 is 0.926 bits per heavy atom. The van der Waals surface area contributed by atoms with Crippen LogP contribution in [0.4, 0.5) is 0 Å². The van der Waals surface area contributed by atoms with Gasteiger partial charge in [-0.2, -0.15) is 0 Å². The summed E-state index contributed by atoms with van der Waals surface area (Å²) in [7, 11) is 0. The molecule has 0 unspecified atom stereocenters. The number of likely N-dealkylation sites (tertiary alicyclic amines) is 1. The average molecular weight is 370 g/mol. The minimum absolute atomic E-state index is 0.0246. The number of carbonyl (C=O) groups is 2. The van der Waals surface area contributed by atoms with Crippen LogP contribution in [0.5, 0.6) is 0 Å². The fraction of sp³-hybridized carbons (Fsp3) is 0.636. The smallest absolute Gasteiger partial charge is 0.251 e. The van der Waals surface area contributed by atoms with Gasteiger partial charge in [0, 0.05) is 36.8 Å². The van der Waals surface area contributed by atoms with Crippen LogP contribution < -0.4 is 5.32 Å². The molecule has 3 aliphatic heterocycles. The Kier molecular flexibility index (Phi) is 5.77. The number of hydrogen-bond acceptors (Lipinski definition) is 3. The average Bonchev–Trinajstić information content (AvgIpc) is 2.70. The fourth-order valence-corrected chi connectivity index (χ4v) is 5.11. The minimum atomic E-state index is 0.0246. The molecule has 1 N–H and O–H groups in total. The van der Waals surface area contributed by atoms with Crippen molar-refractivity contribution in [2.45, 2.75) is 69.5 Å². The molecule has 1 aromatic carbocycles. The van der Waals surface area contributed by atoms with Crippen LogP contribution in [0.2, 0.25) is 0 Å². The van der Waals surface area contributed by atoms with Gasteiger partial charge in [0.15, 0.2) is 0 Å². The quantitative estimate of drug-likeness (QED) is 0.888. The molecule has 3 saturated heterocycles. The first-order valence-electron chi connectivity index (χ1n) is 10.6. The Bertz CT molecular complexity index is 643. The number of rotatable bonds is 4. The van der Waals surface area contributed by atoms with Crippen molar-refractivity contribution in [2.24, 2.45) is 0 Å². The summed E-state index contributed by atoms with van der Waals surface area (Å²) in [6, 6.07) is 10.5. The molecule has 3 aliphatic rings. The molecule has 3 heterocycles. The van der Waals surface area contributed by atoms with Gasteiger partial charge in [-0.3, -0.25) is 14.5 Å². The van der Waals surface area contributed by atoms with Gasteiger partial charge in [0.2, 0.25) is 5.91 Å². The molecule has 0 spiro atoms. The lowest BCUT2D eigenvalue weighted by Crippen LogP contribution is -2.59. The van der Waals surface area contributed by atoms with E-state index in [1.54, 1.807) is 0 Å². The molecule has 2 bridgehead atoms. The zero-order valence-electron chi connectivity index (χ0n) is 16.1. The molecule has 2 amide bonds. The van der Waals surface area contributed by atoms with Gasteiger partial charge in [-0.1, -0.05) is 24.6 Å². The van der Waals surface area contributed by atoms with Gasteiger partial charge >= 0.3 is 0 Å². The Hall–Kier alpha value is -1.88. The highest BCUT2D eigenvalue weighted by Crippen LogP contribution is 2.34. The monoisotopic (exact) mass is 369 g/mol. The molecule has 4 rings (SSSR count). The molecule has 0 saturated carbocycles. The van der Waals surface area contributed by atoms with Crippen molar-refractivity contribution in [1.82, 2.24) is 15.1 Å². The summed E-state index contributed by atoms with van der Waals surface area (Å²) >= 11 is 0. The summed E-state index contributed by atoms with van der Waals surface area (Å²) in [6.07, 6.45) is 8.98. The Labute approximate surface area is 162 Å². The third kappa shape index (κ3) is 4.34. The van der Waals surface area contributed by atoms with Gasteiger partial charge in [0.25, 0.3) is 5.91 Å². The van der Waals surface area contributed by atoms with Crippen LogP contribution in [0, 0.1) is 0 Å². The standard InChI is InChI=1S/C22H31N3O2/c26-21(24-12-5-2-6-13-24)16-25-19-10-7-11-20(25)15-18(14-19)23-22(27)17-8-3-1-4-9-17/h1,3-4,8-9,18-20H,2,5-7,10-16H2,(H,23,27)/t19-,20-/m0/s1. The predicted molar refractivity (Wildman–Crippen MR) is 105 cm³/mol. The van der Waals surface area contributed by atoms with Crippen molar-refractivity contribution in [1.29, 1.82) is 0 Å². The second-order valence-corrected chi connectivity index (χ2v) is 8.36. The maximum absolute atomic E-state index is 12.8. The zero-order chi connectivity index (χ0) is 18.6. The zero-order valence-corrected chi connectivity index (χ0v) is 16.1. The van der Waals surface area contributed by atoms with Gasteiger partial charge in [0.1, 0.15) is 0 Å². The topological polar surface area (TPSA) is 52.7 Å². The van der Waals surface area contributed by atoms with Crippen LogP contribution in [0.15, 0.2) is 30.3 Å². The Balaban J connectivity index is 1.36. The summed E-state index contributed by atoms with van der Waals surface area (Å²) < 4.78 is 0. The lowest BCUT2D eigenvalue weighted by molar-refractivity contribution is -0.136. The molecule has 0 aromatic heterocycles. The highest BCUT2D eigenvalue weighted by molar-refractivity contribution is 5.94. The van der Waals surface area contributed by atoms with Crippen LogP contribution in [0.1, 0.15) is 61.7 Å². The fourth-order valence-electron chi connectivity index (χ4n) is 5.11. The minimum Gasteiger partial charge on any atom is -0.349 e.